The summed E-state index contributed by atoms with van der Waals surface area (Å²) in [6.07, 6.45) is -3.43. The van der Waals surface area contributed by atoms with Crippen LogP contribution in [0.3, 0.4) is 0 Å². The molecule has 28 heavy (non-hydrogen) atoms. The topological polar surface area (TPSA) is 95.1 Å². The number of nitrogens with zero attached hydrogens (tertiary/aromatic N) is 3. The van der Waals surface area contributed by atoms with Crippen molar-refractivity contribution in [3.8, 4) is 16.9 Å². The maximum Gasteiger partial charge on any atom is 0.573 e. The maximum absolute atomic E-state index is 12.7. The van der Waals surface area contributed by atoms with Gasteiger partial charge in [0.15, 0.2) is 0 Å². The number of hydrogen-bond donors (Lipinski definition) is 2. The number of benzene rings is 1. The number of carbonyl (C=O) groups excluding carboxylic acids is 1. The molecular formula is C17H13ClF3N5O2. The molecule has 1 aromatic carbocycles. The van der Waals surface area contributed by atoms with Crippen molar-refractivity contribution in [1.82, 2.24) is 14.8 Å². The van der Waals surface area contributed by atoms with E-state index in [9.17, 15) is 18.0 Å². The lowest BCUT2D eigenvalue weighted by molar-refractivity contribution is -0.274. The summed E-state index contributed by atoms with van der Waals surface area (Å²) in [6.45, 7) is 0. The zero-order valence-electron chi connectivity index (χ0n) is 14.3. The molecule has 3 aromatic rings. The highest BCUT2D eigenvalue weighted by atomic mass is 35.5. The predicted octanol–water partition coefficient (Wildman–Crippen LogP) is 3.87. The van der Waals surface area contributed by atoms with Gasteiger partial charge in [-0.15, -0.1) is 13.2 Å². The Kier molecular flexibility index (Phi) is 5.14. The minimum absolute atomic E-state index is 0.0133. The predicted molar refractivity (Wildman–Crippen MR) is 96.9 cm³/mol. The third-order valence-electron chi connectivity index (χ3n) is 3.68. The third-order valence-corrected chi connectivity index (χ3v) is 3.91. The first kappa shape index (κ1) is 19.5. The lowest BCUT2D eigenvalue weighted by Gasteiger charge is -2.15. The first-order valence-electron chi connectivity index (χ1n) is 7.75. The van der Waals surface area contributed by atoms with Crippen LogP contribution in [0.5, 0.6) is 5.75 Å². The zero-order chi connectivity index (χ0) is 20.5. The van der Waals surface area contributed by atoms with Gasteiger partial charge < -0.3 is 15.8 Å². The van der Waals surface area contributed by atoms with Gasteiger partial charge in [0.05, 0.1) is 0 Å². The number of amides is 1. The van der Waals surface area contributed by atoms with Crippen molar-refractivity contribution in [3.63, 3.8) is 0 Å². The minimum atomic E-state index is -4.89. The number of nitrogen functional groups attached to an aromatic ring is 1. The molecule has 0 spiro atoms. The fraction of sp³-hybridized carbons (Fsp3) is 0.118. The first-order chi connectivity index (χ1) is 13.1. The Morgan fingerprint density at radius 2 is 1.96 bits per heavy atom. The number of aromatic nitrogens is 3. The van der Waals surface area contributed by atoms with Crippen LogP contribution in [-0.2, 0) is 7.05 Å². The number of ether oxygens (including phenoxy) is 1. The van der Waals surface area contributed by atoms with E-state index in [0.717, 1.165) is 6.07 Å². The molecule has 1 amide bonds. The van der Waals surface area contributed by atoms with E-state index >= 15 is 0 Å². The molecule has 0 atom stereocenters. The maximum atomic E-state index is 12.7. The largest absolute Gasteiger partial charge is 0.573 e. The van der Waals surface area contributed by atoms with Crippen LogP contribution in [0.1, 0.15) is 10.5 Å². The third kappa shape index (κ3) is 4.34. The summed E-state index contributed by atoms with van der Waals surface area (Å²) < 4.78 is 43.4. The number of nitrogens with two attached hydrogens (primary N) is 1. The Morgan fingerprint density at radius 3 is 2.57 bits per heavy atom. The summed E-state index contributed by atoms with van der Waals surface area (Å²) in [5.41, 5.74) is 6.37. The highest BCUT2D eigenvalue weighted by molar-refractivity contribution is 6.31. The Bertz CT molecular complexity index is 1040. The molecule has 2 aromatic heterocycles. The average molecular weight is 412 g/mol. The van der Waals surface area contributed by atoms with Crippen molar-refractivity contribution in [2.24, 2.45) is 7.05 Å². The number of anilines is 2. The highest BCUT2D eigenvalue weighted by Crippen LogP contribution is 2.38. The molecule has 0 aliphatic carbocycles. The van der Waals surface area contributed by atoms with Crippen LogP contribution in [0, 0.1) is 0 Å². The number of aryl methyl sites for hydroxylation is 1. The van der Waals surface area contributed by atoms with Gasteiger partial charge in [-0.1, -0.05) is 11.6 Å². The molecule has 0 fully saturated rings. The fourth-order valence-electron chi connectivity index (χ4n) is 2.48. The molecule has 0 radical (unpaired) electrons. The Morgan fingerprint density at radius 1 is 1.21 bits per heavy atom. The summed E-state index contributed by atoms with van der Waals surface area (Å²) in [4.78, 5) is 16.2. The van der Waals surface area contributed by atoms with Crippen LogP contribution in [0.4, 0.5) is 24.8 Å². The second kappa shape index (κ2) is 7.39. The molecule has 0 aliphatic heterocycles. The Hall–Kier alpha value is -3.27. The molecule has 0 unspecified atom stereocenters. The van der Waals surface area contributed by atoms with Gasteiger partial charge in [-0.3, -0.25) is 9.48 Å². The van der Waals surface area contributed by atoms with Gasteiger partial charge in [-0.05, 0) is 36.4 Å². The quantitative estimate of drug-likeness (QED) is 0.679. The van der Waals surface area contributed by atoms with Gasteiger partial charge in [0.2, 0.25) is 0 Å². The van der Waals surface area contributed by atoms with Crippen LogP contribution in [0.15, 0.2) is 42.6 Å². The van der Waals surface area contributed by atoms with Gasteiger partial charge in [-0.2, -0.15) is 5.10 Å². The van der Waals surface area contributed by atoms with Gasteiger partial charge in [-0.25, -0.2) is 4.98 Å². The van der Waals surface area contributed by atoms with Crippen molar-refractivity contribution in [1.29, 1.82) is 0 Å². The second-order valence-electron chi connectivity index (χ2n) is 5.61. The Labute approximate surface area is 161 Å². The van der Waals surface area contributed by atoms with Crippen LogP contribution in [0.2, 0.25) is 5.02 Å². The van der Waals surface area contributed by atoms with Crippen LogP contribution in [-0.4, -0.2) is 27.0 Å². The van der Waals surface area contributed by atoms with E-state index in [0.29, 0.717) is 5.69 Å². The molecule has 3 rings (SSSR count). The van der Waals surface area contributed by atoms with Crippen LogP contribution in [0.25, 0.3) is 11.1 Å². The highest BCUT2D eigenvalue weighted by Gasteiger charge is 2.32. The van der Waals surface area contributed by atoms with E-state index in [1.165, 1.54) is 41.2 Å². The molecule has 0 bridgehead atoms. The molecule has 7 nitrogen and oxygen atoms in total. The molecular weight excluding hydrogens is 399 g/mol. The number of hydrogen-bond acceptors (Lipinski definition) is 5. The summed E-state index contributed by atoms with van der Waals surface area (Å²) in [5.74, 6) is -0.939. The monoisotopic (exact) mass is 411 g/mol. The number of rotatable bonds is 4. The molecule has 3 N–H and O–H groups in total. The van der Waals surface area contributed by atoms with Crippen molar-refractivity contribution < 1.29 is 22.7 Å². The number of alkyl halides is 3. The summed E-state index contributed by atoms with van der Waals surface area (Å²) in [6, 6.07) is 7.96. The molecule has 0 saturated heterocycles. The van der Waals surface area contributed by atoms with Crippen molar-refractivity contribution in [2.75, 3.05) is 11.1 Å². The lowest BCUT2D eigenvalue weighted by Crippen LogP contribution is -2.18. The lowest BCUT2D eigenvalue weighted by atomic mass is 10.1. The number of halogens is 4. The fourth-order valence-corrected chi connectivity index (χ4v) is 2.65. The minimum Gasteiger partial charge on any atom is -0.405 e. The molecule has 11 heteroatoms. The van der Waals surface area contributed by atoms with Crippen LogP contribution >= 0.6 is 11.6 Å². The van der Waals surface area contributed by atoms with Gasteiger partial charge in [0, 0.05) is 29.4 Å². The summed E-state index contributed by atoms with van der Waals surface area (Å²) in [7, 11) is 1.60. The number of nitrogens with one attached hydrogen (secondary N) is 1. The summed E-state index contributed by atoms with van der Waals surface area (Å²) >= 11 is 5.90. The van der Waals surface area contributed by atoms with Crippen LogP contribution < -0.4 is 15.8 Å². The number of carbonyl (C=O) groups is 1. The molecule has 146 valence electrons. The molecule has 2 heterocycles. The van der Waals surface area contributed by atoms with E-state index in [1.807, 2.05) is 0 Å². The van der Waals surface area contributed by atoms with Crippen molar-refractivity contribution in [3.05, 3.63) is 53.3 Å². The van der Waals surface area contributed by atoms with E-state index in [-0.39, 0.29) is 27.8 Å². The van der Waals surface area contributed by atoms with Gasteiger partial charge >= 0.3 is 6.36 Å². The van der Waals surface area contributed by atoms with Crippen molar-refractivity contribution in [2.45, 2.75) is 6.36 Å². The standard InChI is InChI=1S/C17H13ClF3N5O2/c1-26-12(6-7-23-26)16(27)25-14-5-3-10(15(22)24-14)11-8-9(18)2-4-13(11)28-17(19,20)21/h2-8H,1H3,(H3,22,24,25,27). The van der Waals surface area contributed by atoms with E-state index in [2.05, 4.69) is 20.1 Å². The number of pyridine rings is 1. The molecule has 0 aliphatic rings. The van der Waals surface area contributed by atoms with E-state index in [4.69, 9.17) is 17.3 Å². The normalized spacial score (nSPS) is 11.3. The SMILES string of the molecule is Cn1nccc1C(=O)Nc1ccc(-c2cc(Cl)ccc2OC(F)(F)F)c(N)n1. The zero-order valence-corrected chi connectivity index (χ0v) is 15.0. The molecule has 0 saturated carbocycles. The van der Waals surface area contributed by atoms with Crippen molar-refractivity contribution >= 4 is 29.1 Å². The van der Waals surface area contributed by atoms with Gasteiger partial charge in [0.1, 0.15) is 23.1 Å². The first-order valence-corrected chi connectivity index (χ1v) is 8.13. The van der Waals surface area contributed by atoms with E-state index in [1.54, 1.807) is 7.05 Å². The Balaban J connectivity index is 1.92. The second-order valence-corrected chi connectivity index (χ2v) is 6.05. The average Bonchev–Trinajstić information content (AvgIpc) is 3.02. The summed E-state index contributed by atoms with van der Waals surface area (Å²) in [5, 5.41) is 6.62. The van der Waals surface area contributed by atoms with E-state index < -0.39 is 18.0 Å². The van der Waals surface area contributed by atoms with Gasteiger partial charge in [0.25, 0.3) is 5.91 Å². The smallest absolute Gasteiger partial charge is 0.405 e.